The largest absolute Gasteiger partial charge is 0.342 e. The predicted molar refractivity (Wildman–Crippen MR) is 165 cm³/mol. The molecule has 0 radical (unpaired) electrons. The van der Waals surface area contributed by atoms with E-state index in [1.54, 1.807) is 45.4 Å². The molecule has 2 aromatic carbocycles. The third-order valence-electron chi connectivity index (χ3n) is 7.54. The molecule has 44 heavy (non-hydrogen) atoms. The van der Waals surface area contributed by atoms with E-state index in [1.807, 2.05) is 25.1 Å². The molecule has 1 aliphatic heterocycles. The molecule has 0 saturated heterocycles. The van der Waals surface area contributed by atoms with Crippen LogP contribution < -0.4 is 16.0 Å². The number of fused-ring (bicyclic) bond motifs is 4. The molecule has 13 heteroatoms. The Morgan fingerprint density at radius 1 is 1.14 bits per heavy atom. The molecule has 0 spiro atoms. The lowest BCUT2D eigenvalue weighted by Crippen LogP contribution is -2.30. The summed E-state index contributed by atoms with van der Waals surface area (Å²) in [6.07, 6.45) is 3.34. The van der Waals surface area contributed by atoms with Crippen LogP contribution in [0.1, 0.15) is 54.1 Å². The van der Waals surface area contributed by atoms with Crippen molar-refractivity contribution in [2.24, 2.45) is 5.92 Å². The normalized spacial score (nSPS) is 16.5. The Balaban J connectivity index is 1.48. The molecule has 2 aromatic heterocycles. The smallest absolute Gasteiger partial charge is 0.321 e. The maximum atomic E-state index is 14.7. The van der Waals surface area contributed by atoms with E-state index in [4.69, 9.17) is 11.6 Å². The summed E-state index contributed by atoms with van der Waals surface area (Å²) in [5.41, 5.74) is 3.65. The average molecular weight is 619 g/mol. The second-order valence-corrected chi connectivity index (χ2v) is 11.3. The first-order valence-corrected chi connectivity index (χ1v) is 14.5. The van der Waals surface area contributed by atoms with Crippen LogP contribution in [0.15, 0.2) is 54.7 Å². The van der Waals surface area contributed by atoms with Crippen LogP contribution in [0.4, 0.5) is 20.6 Å². The van der Waals surface area contributed by atoms with E-state index in [-0.39, 0.29) is 34.3 Å². The average Bonchev–Trinajstić information content (AvgIpc) is 3.38. The molecule has 3 heterocycles. The van der Waals surface area contributed by atoms with Crippen LogP contribution in [0.2, 0.25) is 5.02 Å². The van der Waals surface area contributed by atoms with Crippen molar-refractivity contribution in [2.75, 3.05) is 24.7 Å². The zero-order valence-corrected chi connectivity index (χ0v) is 25.4. The second-order valence-electron chi connectivity index (χ2n) is 10.9. The van der Waals surface area contributed by atoms with Crippen molar-refractivity contribution in [1.29, 1.82) is 0 Å². The standard InChI is InChI=1S/C31H32ClFN8O3/c1-17-7-5-9-23(36-30(43)28-18(2)41(39-38-28)26-10-6-8-22(32)27(26)33)25-15-19(13-14-34-25)21-12-11-20(35-31(44)40(3)4)16-24(21)37-29(17)42/h6,8,10-17,23H,5,7,9H2,1-4H3,(H,35,44)(H,36,43)(H,37,42)/t17-,23+/m1/s1. The van der Waals surface area contributed by atoms with Crippen molar-refractivity contribution in [2.45, 2.75) is 39.2 Å². The molecule has 1 aliphatic rings. The summed E-state index contributed by atoms with van der Waals surface area (Å²) in [5.74, 6) is -1.63. The number of anilines is 2. The van der Waals surface area contributed by atoms with E-state index >= 15 is 0 Å². The van der Waals surface area contributed by atoms with Crippen LogP contribution in [0, 0.1) is 18.7 Å². The highest BCUT2D eigenvalue weighted by Crippen LogP contribution is 2.34. The first kappa shape index (κ1) is 30.6. The fourth-order valence-corrected chi connectivity index (χ4v) is 5.15. The van der Waals surface area contributed by atoms with Gasteiger partial charge < -0.3 is 20.9 Å². The number of amides is 4. The Hall–Kier alpha value is -4.84. The summed E-state index contributed by atoms with van der Waals surface area (Å²) in [4.78, 5) is 44.9. The van der Waals surface area contributed by atoms with Crippen LogP contribution in [-0.4, -0.2) is 56.8 Å². The Morgan fingerprint density at radius 3 is 2.70 bits per heavy atom. The van der Waals surface area contributed by atoms with Crippen molar-refractivity contribution in [1.82, 2.24) is 30.2 Å². The quantitative estimate of drug-likeness (QED) is 0.266. The molecule has 2 atom stereocenters. The second kappa shape index (κ2) is 12.8. The van der Waals surface area contributed by atoms with E-state index in [9.17, 15) is 18.8 Å². The van der Waals surface area contributed by atoms with Crippen LogP contribution in [0.25, 0.3) is 16.8 Å². The monoisotopic (exact) mass is 618 g/mol. The molecule has 0 fully saturated rings. The van der Waals surface area contributed by atoms with Gasteiger partial charge in [-0.15, -0.1) is 5.10 Å². The van der Waals surface area contributed by atoms with Gasteiger partial charge >= 0.3 is 6.03 Å². The van der Waals surface area contributed by atoms with Crippen molar-refractivity contribution >= 4 is 40.8 Å². The third kappa shape index (κ3) is 6.40. The van der Waals surface area contributed by atoms with Gasteiger partial charge in [-0.25, -0.2) is 13.9 Å². The van der Waals surface area contributed by atoms with Crippen LogP contribution in [-0.2, 0) is 4.79 Å². The number of hydrogen-bond donors (Lipinski definition) is 3. The molecular formula is C31H32ClFN8O3. The van der Waals surface area contributed by atoms with E-state index in [0.29, 0.717) is 42.0 Å². The fraction of sp³-hybridized carbons (Fsp3) is 0.290. The fourth-order valence-electron chi connectivity index (χ4n) is 4.98. The van der Waals surface area contributed by atoms with Crippen molar-refractivity contribution in [3.8, 4) is 16.8 Å². The van der Waals surface area contributed by atoms with Gasteiger partial charge in [0.1, 0.15) is 5.69 Å². The molecule has 2 bridgehead atoms. The molecular weight excluding hydrogens is 587 g/mol. The minimum Gasteiger partial charge on any atom is -0.342 e. The number of urea groups is 1. The number of halogens is 2. The number of nitrogens with one attached hydrogen (secondary N) is 3. The number of carbonyl (C=O) groups is 3. The maximum Gasteiger partial charge on any atom is 0.321 e. The molecule has 0 saturated carbocycles. The minimum atomic E-state index is -0.667. The molecule has 11 nitrogen and oxygen atoms in total. The van der Waals surface area contributed by atoms with Crippen LogP contribution in [0.5, 0.6) is 0 Å². The van der Waals surface area contributed by atoms with E-state index in [2.05, 4.69) is 31.2 Å². The first-order chi connectivity index (χ1) is 21.0. The highest BCUT2D eigenvalue weighted by Gasteiger charge is 2.25. The Morgan fingerprint density at radius 2 is 1.93 bits per heavy atom. The highest BCUT2D eigenvalue weighted by atomic mass is 35.5. The molecule has 3 N–H and O–H groups in total. The van der Waals surface area contributed by atoms with Crippen molar-refractivity contribution in [3.63, 3.8) is 0 Å². The summed E-state index contributed by atoms with van der Waals surface area (Å²) in [5, 5.41) is 16.8. The molecule has 5 rings (SSSR count). The van der Waals surface area contributed by atoms with Gasteiger partial charge in [0.25, 0.3) is 5.91 Å². The number of benzene rings is 2. The Bertz CT molecular complexity index is 1740. The van der Waals surface area contributed by atoms with Gasteiger partial charge in [0.2, 0.25) is 5.91 Å². The summed E-state index contributed by atoms with van der Waals surface area (Å²) >= 11 is 5.95. The summed E-state index contributed by atoms with van der Waals surface area (Å²) in [6.45, 7) is 3.47. The number of aromatic nitrogens is 4. The lowest BCUT2D eigenvalue weighted by Gasteiger charge is -2.22. The number of carbonyl (C=O) groups excluding carboxylic acids is 3. The first-order valence-electron chi connectivity index (χ1n) is 14.1. The van der Waals surface area contributed by atoms with E-state index < -0.39 is 17.8 Å². The van der Waals surface area contributed by atoms with Gasteiger partial charge in [-0.1, -0.05) is 42.3 Å². The number of pyridine rings is 1. The zero-order valence-electron chi connectivity index (χ0n) is 24.7. The van der Waals surface area contributed by atoms with Gasteiger partial charge in [-0.3, -0.25) is 14.6 Å². The van der Waals surface area contributed by atoms with Gasteiger partial charge in [0.05, 0.1) is 28.1 Å². The topological polar surface area (TPSA) is 134 Å². The van der Waals surface area contributed by atoms with Crippen molar-refractivity contribution in [3.05, 3.63) is 82.6 Å². The van der Waals surface area contributed by atoms with E-state index in [1.165, 1.54) is 21.7 Å². The number of hydrogen-bond acceptors (Lipinski definition) is 6. The lowest BCUT2D eigenvalue weighted by atomic mass is 9.95. The minimum absolute atomic E-state index is 0.0389. The van der Waals surface area contributed by atoms with Gasteiger partial charge in [0.15, 0.2) is 11.5 Å². The SMILES string of the molecule is Cc1c(C(=O)N[C@H]2CCC[C@@H](C)C(=O)Nc3cc(NC(=O)N(C)C)ccc3-c3ccnc2c3)nnn1-c1cccc(Cl)c1F. The third-order valence-corrected chi connectivity index (χ3v) is 7.83. The molecule has 4 amide bonds. The van der Waals surface area contributed by atoms with Crippen molar-refractivity contribution < 1.29 is 18.8 Å². The molecule has 0 unspecified atom stereocenters. The molecule has 4 aromatic rings. The predicted octanol–water partition coefficient (Wildman–Crippen LogP) is 5.75. The summed E-state index contributed by atoms with van der Waals surface area (Å²) in [7, 11) is 3.28. The Labute approximate surface area is 258 Å². The maximum absolute atomic E-state index is 14.7. The van der Waals surface area contributed by atoms with Gasteiger partial charge in [-0.2, -0.15) is 0 Å². The molecule has 228 valence electrons. The van der Waals surface area contributed by atoms with E-state index in [0.717, 1.165) is 11.1 Å². The lowest BCUT2D eigenvalue weighted by molar-refractivity contribution is -0.119. The Kier molecular flexibility index (Phi) is 8.91. The summed E-state index contributed by atoms with van der Waals surface area (Å²) in [6, 6.07) is 12.7. The van der Waals surface area contributed by atoms with Gasteiger partial charge in [-0.05, 0) is 61.7 Å². The number of rotatable bonds is 4. The highest BCUT2D eigenvalue weighted by molar-refractivity contribution is 6.30. The summed E-state index contributed by atoms with van der Waals surface area (Å²) < 4.78 is 15.9. The van der Waals surface area contributed by atoms with Gasteiger partial charge in [0, 0.05) is 37.5 Å². The molecule has 0 aliphatic carbocycles. The number of nitrogens with zero attached hydrogens (tertiary/aromatic N) is 5. The van der Waals surface area contributed by atoms with Crippen LogP contribution >= 0.6 is 11.6 Å². The van der Waals surface area contributed by atoms with Crippen LogP contribution in [0.3, 0.4) is 0 Å². The zero-order chi connectivity index (χ0) is 31.5.